The molecular formula is C7H8Cr. The second kappa shape index (κ2) is 4.90. The topological polar surface area (TPSA) is 0 Å². The van der Waals surface area contributed by atoms with Crippen LogP contribution in [0.4, 0.5) is 0 Å². The normalized spacial score (nSPS) is 15.0. The van der Waals surface area contributed by atoms with Crippen molar-refractivity contribution < 1.29 is 17.4 Å². The van der Waals surface area contributed by atoms with Crippen molar-refractivity contribution in [2.45, 2.75) is 6.42 Å². The van der Waals surface area contributed by atoms with Crippen molar-refractivity contribution >= 4 is 0 Å². The summed E-state index contributed by atoms with van der Waals surface area (Å²) in [6, 6.07) is 0. The maximum Gasteiger partial charge on any atom is 0 e. The molecule has 0 saturated carbocycles. The molecule has 0 amide bonds. The largest absolute Gasteiger partial charge is 0.0807 e. The van der Waals surface area contributed by atoms with Crippen molar-refractivity contribution in [2.24, 2.45) is 0 Å². The molecule has 0 atom stereocenters. The van der Waals surface area contributed by atoms with E-state index in [9.17, 15) is 0 Å². The Morgan fingerprint density at radius 3 is 1.75 bits per heavy atom. The van der Waals surface area contributed by atoms with Crippen molar-refractivity contribution in [3.05, 3.63) is 36.5 Å². The van der Waals surface area contributed by atoms with E-state index in [0.717, 1.165) is 6.42 Å². The quantitative estimate of drug-likeness (QED) is 0.488. The summed E-state index contributed by atoms with van der Waals surface area (Å²) >= 11 is 0. The Balaban J connectivity index is 0.000000490. The van der Waals surface area contributed by atoms with Gasteiger partial charge < -0.3 is 0 Å². The summed E-state index contributed by atoms with van der Waals surface area (Å²) in [5, 5.41) is 0. The third-order valence-corrected chi connectivity index (χ3v) is 0.878. The second-order valence-corrected chi connectivity index (χ2v) is 1.48. The van der Waals surface area contributed by atoms with Crippen LogP contribution < -0.4 is 0 Å². The van der Waals surface area contributed by atoms with Crippen molar-refractivity contribution in [1.82, 2.24) is 0 Å². The minimum absolute atomic E-state index is 0. The molecule has 1 aliphatic carbocycles. The van der Waals surface area contributed by atoms with Crippen molar-refractivity contribution in [1.29, 1.82) is 0 Å². The molecule has 0 aromatic carbocycles. The molecule has 0 heterocycles. The zero-order valence-electron chi connectivity index (χ0n) is 4.58. The smallest absolute Gasteiger partial charge is 0 e. The summed E-state index contributed by atoms with van der Waals surface area (Å²) in [5.74, 6) is 0. The van der Waals surface area contributed by atoms with Crippen LogP contribution in [0.2, 0.25) is 0 Å². The molecule has 1 aliphatic rings. The molecule has 0 radical (unpaired) electrons. The predicted molar refractivity (Wildman–Crippen MR) is 32.0 cm³/mol. The first kappa shape index (κ1) is 7.75. The first-order valence-corrected chi connectivity index (χ1v) is 2.48. The fourth-order valence-corrected chi connectivity index (χ4v) is 0.521. The first-order valence-electron chi connectivity index (χ1n) is 2.48. The van der Waals surface area contributed by atoms with Crippen LogP contribution in [0.5, 0.6) is 0 Å². The Kier molecular flexibility index (Phi) is 4.75. The molecule has 0 fully saturated rings. The van der Waals surface area contributed by atoms with Gasteiger partial charge in [-0.05, 0) is 6.42 Å². The Bertz CT molecular complexity index is 106. The molecule has 0 unspecified atom stereocenters. The molecule has 0 saturated heterocycles. The van der Waals surface area contributed by atoms with E-state index < -0.39 is 0 Å². The predicted octanol–water partition coefficient (Wildman–Crippen LogP) is 2.06. The molecule has 0 spiro atoms. The van der Waals surface area contributed by atoms with Gasteiger partial charge in [0.1, 0.15) is 0 Å². The zero-order valence-corrected chi connectivity index (χ0v) is 5.85. The van der Waals surface area contributed by atoms with Crippen LogP contribution in [0.3, 0.4) is 0 Å². The van der Waals surface area contributed by atoms with Crippen molar-refractivity contribution in [3.63, 3.8) is 0 Å². The minimum Gasteiger partial charge on any atom is -0.0807 e. The Morgan fingerprint density at radius 2 is 1.25 bits per heavy atom. The van der Waals surface area contributed by atoms with Crippen molar-refractivity contribution in [2.75, 3.05) is 0 Å². The van der Waals surface area contributed by atoms with E-state index in [0.29, 0.717) is 0 Å². The molecule has 0 bridgehead atoms. The summed E-state index contributed by atoms with van der Waals surface area (Å²) in [5.41, 5.74) is 0. The number of hydrogen-bond acceptors (Lipinski definition) is 0. The molecule has 0 aromatic heterocycles. The molecule has 0 aromatic rings. The van der Waals surface area contributed by atoms with E-state index in [1.807, 2.05) is 12.2 Å². The third kappa shape index (κ3) is 2.85. The summed E-state index contributed by atoms with van der Waals surface area (Å²) in [6.07, 6.45) is 13.5. The standard InChI is InChI=1S/C7H8.Cr/c1-2-4-6-7-5-3-1;/h1-6H,7H2;. The fourth-order valence-electron chi connectivity index (χ4n) is 0.521. The van der Waals surface area contributed by atoms with Gasteiger partial charge in [-0.15, -0.1) is 0 Å². The van der Waals surface area contributed by atoms with E-state index in [1.54, 1.807) is 0 Å². The van der Waals surface area contributed by atoms with Gasteiger partial charge in [0.05, 0.1) is 0 Å². The Morgan fingerprint density at radius 1 is 0.750 bits per heavy atom. The summed E-state index contributed by atoms with van der Waals surface area (Å²) in [6.45, 7) is 0. The van der Waals surface area contributed by atoms with E-state index in [2.05, 4.69) is 24.3 Å². The van der Waals surface area contributed by atoms with Gasteiger partial charge in [0.25, 0.3) is 0 Å². The molecule has 1 rings (SSSR count). The molecule has 1 heteroatoms. The molecule has 0 nitrogen and oxygen atoms in total. The summed E-state index contributed by atoms with van der Waals surface area (Å²) in [7, 11) is 0. The monoisotopic (exact) mass is 144 g/mol. The Labute approximate surface area is 60.7 Å². The molecule has 0 aliphatic heterocycles. The Hall–Kier alpha value is -0.248. The minimum atomic E-state index is 0. The van der Waals surface area contributed by atoms with Gasteiger partial charge in [-0.3, -0.25) is 0 Å². The summed E-state index contributed by atoms with van der Waals surface area (Å²) in [4.78, 5) is 0. The number of hydrogen-bond donors (Lipinski definition) is 0. The first-order chi connectivity index (χ1) is 3.50. The van der Waals surface area contributed by atoms with Gasteiger partial charge in [-0.1, -0.05) is 36.5 Å². The van der Waals surface area contributed by atoms with Crippen molar-refractivity contribution in [3.8, 4) is 0 Å². The van der Waals surface area contributed by atoms with Gasteiger partial charge >= 0.3 is 0 Å². The zero-order chi connectivity index (χ0) is 4.95. The van der Waals surface area contributed by atoms with Gasteiger partial charge in [-0.25, -0.2) is 0 Å². The van der Waals surface area contributed by atoms with Crippen LogP contribution >= 0.6 is 0 Å². The van der Waals surface area contributed by atoms with Gasteiger partial charge in [0.15, 0.2) is 0 Å². The maximum atomic E-state index is 2.12. The third-order valence-electron chi connectivity index (χ3n) is 0.878. The van der Waals surface area contributed by atoms with Crippen LogP contribution in [-0.2, 0) is 17.4 Å². The SMILES string of the molecule is C1=CC=CCC=C1.[Cr]. The van der Waals surface area contributed by atoms with Crippen LogP contribution in [0.15, 0.2) is 36.5 Å². The number of rotatable bonds is 0. The summed E-state index contributed by atoms with van der Waals surface area (Å²) < 4.78 is 0. The molecular weight excluding hydrogens is 136 g/mol. The molecule has 42 valence electrons. The van der Waals surface area contributed by atoms with Gasteiger partial charge in [0.2, 0.25) is 0 Å². The van der Waals surface area contributed by atoms with Gasteiger partial charge in [-0.2, -0.15) is 0 Å². The van der Waals surface area contributed by atoms with E-state index in [1.165, 1.54) is 0 Å². The number of allylic oxidation sites excluding steroid dienone is 6. The van der Waals surface area contributed by atoms with Gasteiger partial charge in [0, 0.05) is 17.4 Å². The van der Waals surface area contributed by atoms with Crippen LogP contribution in [0.1, 0.15) is 6.42 Å². The van der Waals surface area contributed by atoms with E-state index in [-0.39, 0.29) is 17.4 Å². The average Bonchev–Trinajstić information content (AvgIpc) is 1.90. The maximum absolute atomic E-state index is 2.12. The fraction of sp³-hybridized carbons (Fsp3) is 0.143. The van der Waals surface area contributed by atoms with Crippen LogP contribution in [0, 0.1) is 0 Å². The average molecular weight is 144 g/mol. The van der Waals surface area contributed by atoms with E-state index >= 15 is 0 Å². The van der Waals surface area contributed by atoms with Crippen LogP contribution in [-0.4, -0.2) is 0 Å². The van der Waals surface area contributed by atoms with Crippen LogP contribution in [0.25, 0.3) is 0 Å². The van der Waals surface area contributed by atoms with E-state index in [4.69, 9.17) is 0 Å². The molecule has 8 heavy (non-hydrogen) atoms. The molecule has 0 N–H and O–H groups in total. The second-order valence-electron chi connectivity index (χ2n) is 1.48.